The Morgan fingerprint density at radius 1 is 1.33 bits per heavy atom. The lowest BCUT2D eigenvalue weighted by Gasteiger charge is -2.25. The number of nitrogens with zero attached hydrogens (tertiary/aromatic N) is 1. The van der Waals surface area contributed by atoms with Gasteiger partial charge in [0.1, 0.15) is 6.04 Å². The van der Waals surface area contributed by atoms with Gasteiger partial charge in [-0.05, 0) is 24.3 Å². The van der Waals surface area contributed by atoms with Crippen LogP contribution in [-0.4, -0.2) is 75.0 Å². The maximum Gasteiger partial charge on any atom is 0.326 e. The molecule has 0 radical (unpaired) electrons. The lowest BCUT2D eigenvalue weighted by Crippen LogP contribution is -2.49. The van der Waals surface area contributed by atoms with Gasteiger partial charge in [0.05, 0.1) is 11.4 Å². The van der Waals surface area contributed by atoms with E-state index in [1.54, 1.807) is 0 Å². The third-order valence-corrected chi connectivity index (χ3v) is 5.83. The topological polar surface area (TPSA) is 142 Å². The molecule has 1 aromatic rings. The molecule has 11 heteroatoms. The Morgan fingerprint density at radius 3 is 2.56 bits per heavy atom. The number of hydrogen-bond donors (Lipinski definition) is 3. The zero-order valence-electron chi connectivity index (χ0n) is 14.7. The monoisotopic (exact) mass is 399 g/mol. The summed E-state index contributed by atoms with van der Waals surface area (Å²) in [6.45, 7) is 0.301. The van der Waals surface area contributed by atoms with E-state index in [-0.39, 0.29) is 49.0 Å². The molecule has 1 atom stereocenters. The second-order valence-electron chi connectivity index (χ2n) is 5.86. The van der Waals surface area contributed by atoms with Gasteiger partial charge in [-0.3, -0.25) is 9.59 Å². The Balaban J connectivity index is 2.10. The third-order valence-electron chi connectivity index (χ3n) is 3.97. The van der Waals surface area contributed by atoms with Crippen molar-refractivity contribution in [2.24, 2.45) is 0 Å². The Morgan fingerprint density at radius 2 is 2.00 bits per heavy atom. The van der Waals surface area contributed by atoms with E-state index >= 15 is 0 Å². The van der Waals surface area contributed by atoms with Crippen molar-refractivity contribution in [3.05, 3.63) is 29.8 Å². The van der Waals surface area contributed by atoms with Crippen LogP contribution in [0.15, 0.2) is 29.2 Å². The molecule has 0 spiro atoms. The zero-order chi connectivity index (χ0) is 20.0. The first kappa shape index (κ1) is 20.8. The molecule has 1 unspecified atom stereocenters. The quantitative estimate of drug-likeness (QED) is 0.510. The van der Waals surface area contributed by atoms with Crippen molar-refractivity contribution >= 4 is 27.8 Å². The highest BCUT2D eigenvalue weighted by Gasteiger charge is 2.29. The maximum absolute atomic E-state index is 12.6. The number of carbonyl (C=O) groups is 3. The van der Waals surface area contributed by atoms with Crippen LogP contribution in [0.4, 0.5) is 0 Å². The van der Waals surface area contributed by atoms with Crippen LogP contribution in [-0.2, 0) is 24.3 Å². The molecule has 0 saturated carbocycles. The highest BCUT2D eigenvalue weighted by Crippen LogP contribution is 2.17. The average Bonchev–Trinajstić information content (AvgIpc) is 2.64. The van der Waals surface area contributed by atoms with Gasteiger partial charge < -0.3 is 20.5 Å². The summed E-state index contributed by atoms with van der Waals surface area (Å²) >= 11 is 0. The molecule has 1 saturated heterocycles. The minimum Gasteiger partial charge on any atom is -0.480 e. The number of carboxylic acids is 1. The molecular weight excluding hydrogens is 378 g/mol. The Kier molecular flexibility index (Phi) is 6.88. The first-order valence-corrected chi connectivity index (χ1v) is 9.59. The van der Waals surface area contributed by atoms with E-state index in [4.69, 9.17) is 9.84 Å². The lowest BCUT2D eigenvalue weighted by atomic mass is 10.1. The third kappa shape index (κ3) is 5.25. The van der Waals surface area contributed by atoms with E-state index in [1.165, 1.54) is 31.4 Å². The van der Waals surface area contributed by atoms with Crippen molar-refractivity contribution in [1.82, 2.24) is 14.9 Å². The highest BCUT2D eigenvalue weighted by atomic mass is 32.2. The molecule has 0 aliphatic carbocycles. The number of sulfonamides is 1. The summed E-state index contributed by atoms with van der Waals surface area (Å²) in [6, 6.07) is 3.97. The summed E-state index contributed by atoms with van der Waals surface area (Å²) in [5.74, 6) is -2.21. The van der Waals surface area contributed by atoms with Crippen LogP contribution < -0.4 is 10.6 Å². The van der Waals surface area contributed by atoms with Crippen LogP contribution in [0.25, 0.3) is 0 Å². The number of methoxy groups -OCH3 is 1. The summed E-state index contributed by atoms with van der Waals surface area (Å²) in [5, 5.41) is 14.0. The van der Waals surface area contributed by atoms with Gasteiger partial charge in [-0.1, -0.05) is 0 Å². The molecule has 27 heavy (non-hydrogen) atoms. The predicted octanol–water partition coefficient (Wildman–Crippen LogP) is -0.973. The number of carboxylic acid groups (broad SMARTS) is 1. The van der Waals surface area contributed by atoms with Crippen LogP contribution in [0, 0.1) is 0 Å². The van der Waals surface area contributed by atoms with Crippen molar-refractivity contribution in [2.75, 3.05) is 33.4 Å². The van der Waals surface area contributed by atoms with E-state index in [2.05, 4.69) is 10.6 Å². The molecule has 1 heterocycles. The molecule has 1 aliphatic rings. The molecule has 10 nitrogen and oxygen atoms in total. The average molecular weight is 399 g/mol. The van der Waals surface area contributed by atoms with Gasteiger partial charge in [0, 0.05) is 38.8 Å². The fraction of sp³-hybridized carbons (Fsp3) is 0.438. The number of hydrogen-bond acceptors (Lipinski definition) is 6. The van der Waals surface area contributed by atoms with Crippen molar-refractivity contribution in [3.63, 3.8) is 0 Å². The van der Waals surface area contributed by atoms with E-state index in [1.807, 2.05) is 0 Å². The van der Waals surface area contributed by atoms with Crippen LogP contribution in [0.2, 0.25) is 0 Å². The van der Waals surface area contributed by atoms with Gasteiger partial charge in [0.15, 0.2) is 0 Å². The highest BCUT2D eigenvalue weighted by molar-refractivity contribution is 7.89. The molecule has 1 fully saturated rings. The van der Waals surface area contributed by atoms with E-state index in [0.29, 0.717) is 0 Å². The fourth-order valence-electron chi connectivity index (χ4n) is 2.48. The number of benzene rings is 1. The molecule has 0 bridgehead atoms. The van der Waals surface area contributed by atoms with Crippen molar-refractivity contribution in [3.8, 4) is 0 Å². The lowest BCUT2D eigenvalue weighted by molar-refractivity contribution is -0.139. The van der Waals surface area contributed by atoms with Gasteiger partial charge in [0.2, 0.25) is 15.9 Å². The Bertz CT molecular complexity index is 808. The molecule has 0 aromatic heterocycles. The number of aliphatic carboxylic acids is 1. The maximum atomic E-state index is 12.6. The standard InChI is InChI=1S/C16H21N3O7S/c1-26-9-6-13(16(22)23)18-15(21)11-2-4-12(5-3-11)27(24,25)19-8-7-17-14(20)10-19/h2-5,13H,6-10H2,1H3,(H,17,20)(H,18,21)(H,22,23). The Hall–Kier alpha value is -2.50. The van der Waals surface area contributed by atoms with Crippen molar-refractivity contribution in [2.45, 2.75) is 17.4 Å². The van der Waals surface area contributed by atoms with E-state index in [9.17, 15) is 22.8 Å². The van der Waals surface area contributed by atoms with Crippen LogP contribution in [0.3, 0.4) is 0 Å². The molecule has 1 aliphatic heterocycles. The second-order valence-corrected chi connectivity index (χ2v) is 7.80. The molecular formula is C16H21N3O7S. The molecule has 2 rings (SSSR count). The first-order valence-electron chi connectivity index (χ1n) is 8.15. The summed E-state index contributed by atoms with van der Waals surface area (Å²) in [7, 11) is -2.43. The van der Waals surface area contributed by atoms with Crippen molar-refractivity contribution in [1.29, 1.82) is 0 Å². The normalized spacial score (nSPS) is 16.4. The van der Waals surface area contributed by atoms with Crippen molar-refractivity contribution < 1.29 is 32.6 Å². The fourth-order valence-corrected chi connectivity index (χ4v) is 3.88. The number of rotatable bonds is 8. The summed E-state index contributed by atoms with van der Waals surface area (Å²) in [4.78, 5) is 34.7. The van der Waals surface area contributed by atoms with Crippen LogP contribution in [0.5, 0.6) is 0 Å². The van der Waals surface area contributed by atoms with Crippen LogP contribution >= 0.6 is 0 Å². The van der Waals surface area contributed by atoms with Gasteiger partial charge in [-0.2, -0.15) is 4.31 Å². The number of ether oxygens (including phenoxy) is 1. The summed E-state index contributed by atoms with van der Waals surface area (Å²) in [6.07, 6.45) is 0.0983. The van der Waals surface area contributed by atoms with E-state index < -0.39 is 27.9 Å². The van der Waals surface area contributed by atoms with Gasteiger partial charge >= 0.3 is 5.97 Å². The van der Waals surface area contributed by atoms with Gasteiger partial charge in [-0.15, -0.1) is 0 Å². The number of carbonyl (C=O) groups excluding carboxylic acids is 2. The largest absolute Gasteiger partial charge is 0.480 e. The van der Waals surface area contributed by atoms with Gasteiger partial charge in [0.25, 0.3) is 5.91 Å². The summed E-state index contributed by atoms with van der Waals surface area (Å²) < 4.78 is 31.0. The predicted molar refractivity (Wildman–Crippen MR) is 93.6 cm³/mol. The number of amides is 2. The zero-order valence-corrected chi connectivity index (χ0v) is 15.5. The molecule has 2 amide bonds. The number of piperazine rings is 1. The van der Waals surface area contributed by atoms with Gasteiger partial charge in [-0.25, -0.2) is 13.2 Å². The number of nitrogens with one attached hydrogen (secondary N) is 2. The Labute approximate surface area is 156 Å². The molecule has 3 N–H and O–H groups in total. The van der Waals surface area contributed by atoms with E-state index in [0.717, 1.165) is 4.31 Å². The summed E-state index contributed by atoms with van der Waals surface area (Å²) in [5.41, 5.74) is 0.119. The minimum atomic E-state index is -3.86. The molecule has 1 aromatic carbocycles. The molecule has 148 valence electrons. The first-order chi connectivity index (χ1) is 12.8. The second kappa shape index (κ2) is 8.93. The smallest absolute Gasteiger partial charge is 0.326 e. The van der Waals surface area contributed by atoms with Crippen LogP contribution in [0.1, 0.15) is 16.8 Å². The minimum absolute atomic E-state index is 0.0529. The SMILES string of the molecule is COCCC(NC(=O)c1ccc(S(=O)(=O)N2CCNC(=O)C2)cc1)C(=O)O.